The second-order valence-corrected chi connectivity index (χ2v) is 7.41. The molecule has 0 radical (unpaired) electrons. The molecular weight excluding hydrogens is 421 g/mol. The Morgan fingerprint density at radius 1 is 1.10 bits per heavy atom. The number of hydrogen-bond donors (Lipinski definition) is 2. The van der Waals surface area contributed by atoms with Crippen molar-refractivity contribution >= 4 is 11.7 Å². The molecule has 1 aliphatic carbocycles. The van der Waals surface area contributed by atoms with Gasteiger partial charge in [0.2, 0.25) is 11.5 Å². The van der Waals surface area contributed by atoms with E-state index in [0.717, 1.165) is 24.3 Å². The molecule has 0 aliphatic heterocycles. The molecule has 1 amide bonds. The van der Waals surface area contributed by atoms with Crippen LogP contribution in [0.1, 0.15) is 47.3 Å². The fourth-order valence-electron chi connectivity index (χ4n) is 3.29. The lowest BCUT2D eigenvalue weighted by molar-refractivity contribution is -0.137. The first-order chi connectivity index (χ1) is 14.5. The van der Waals surface area contributed by atoms with Crippen LogP contribution in [-0.4, -0.2) is 28.7 Å². The number of aliphatic imine (C=N–C) groups is 1. The molecule has 1 aliphatic rings. The van der Waals surface area contributed by atoms with Gasteiger partial charge in [0.05, 0.1) is 11.6 Å². The lowest BCUT2D eigenvalue weighted by Crippen LogP contribution is -2.35. The normalized spacial score (nSPS) is 17.4. The van der Waals surface area contributed by atoms with Crippen LogP contribution in [0.5, 0.6) is 0 Å². The summed E-state index contributed by atoms with van der Waals surface area (Å²) in [4.78, 5) is 31.1. The third kappa shape index (κ3) is 6.47. The second kappa shape index (κ2) is 8.99. The Bertz CT molecular complexity index is 1000. The van der Waals surface area contributed by atoms with E-state index in [2.05, 4.69) is 15.3 Å². The molecule has 2 N–H and O–H groups in total. The number of amidine groups is 1. The van der Waals surface area contributed by atoms with Crippen LogP contribution in [0, 0.1) is 0 Å². The first kappa shape index (κ1) is 22.6. The molecule has 166 valence electrons. The van der Waals surface area contributed by atoms with E-state index in [0.29, 0.717) is 5.69 Å². The monoisotopic (exact) mass is 441 g/mol. The number of benzene rings is 1. The topological polar surface area (TPSA) is 74.3 Å². The minimum absolute atomic E-state index is 0.0163. The Labute approximate surface area is 174 Å². The van der Waals surface area contributed by atoms with E-state index in [1.54, 1.807) is 6.07 Å². The molecule has 1 aromatic carbocycles. The summed E-state index contributed by atoms with van der Waals surface area (Å²) in [5, 5.41) is 2.55. The van der Waals surface area contributed by atoms with Crippen molar-refractivity contribution in [1.82, 2.24) is 10.3 Å². The molecule has 3 rings (SSSR count). The van der Waals surface area contributed by atoms with E-state index >= 15 is 0 Å². The number of hydrogen-bond acceptors (Lipinski definition) is 3. The van der Waals surface area contributed by atoms with Gasteiger partial charge in [-0.05, 0) is 43.2 Å². The Balaban J connectivity index is 1.79. The largest absolute Gasteiger partial charge is 0.416 e. The highest BCUT2D eigenvalue weighted by atomic mass is 19.4. The highest BCUT2D eigenvalue weighted by Gasteiger charge is 2.35. The fourth-order valence-corrected chi connectivity index (χ4v) is 3.29. The van der Waals surface area contributed by atoms with Gasteiger partial charge in [-0.15, -0.1) is 0 Å². The van der Waals surface area contributed by atoms with Crippen molar-refractivity contribution in [2.75, 3.05) is 0 Å². The van der Waals surface area contributed by atoms with Crippen molar-refractivity contribution < 1.29 is 26.7 Å². The first-order valence-electron chi connectivity index (χ1n) is 9.63. The number of aromatic amines is 1. The van der Waals surface area contributed by atoms with Gasteiger partial charge in [0, 0.05) is 36.6 Å². The number of nitrogens with one attached hydrogen (secondary N) is 2. The molecule has 1 saturated carbocycles. The molecule has 0 unspecified atom stereocenters. The molecule has 0 atom stereocenters. The van der Waals surface area contributed by atoms with Crippen LogP contribution in [-0.2, 0) is 12.6 Å². The summed E-state index contributed by atoms with van der Waals surface area (Å²) >= 11 is 0. The van der Waals surface area contributed by atoms with Gasteiger partial charge >= 0.3 is 6.18 Å². The maximum Gasteiger partial charge on any atom is 0.416 e. The zero-order valence-corrected chi connectivity index (χ0v) is 16.3. The Hall–Kier alpha value is -3.04. The number of aromatic nitrogens is 1. The summed E-state index contributed by atoms with van der Waals surface area (Å²) in [6, 6.07) is 7.68. The van der Waals surface area contributed by atoms with Crippen LogP contribution in [0.3, 0.4) is 0 Å². The van der Waals surface area contributed by atoms with Crippen LogP contribution in [0.25, 0.3) is 0 Å². The predicted octanol–water partition coefficient (Wildman–Crippen LogP) is 4.34. The lowest BCUT2D eigenvalue weighted by atomic mass is 9.92. The van der Waals surface area contributed by atoms with E-state index in [4.69, 9.17) is 0 Å². The van der Waals surface area contributed by atoms with E-state index in [-0.39, 0.29) is 49.1 Å². The SMILES string of the molecule is O=C(NC(Cc1cccc(=O)[nH]1)=NC1CCC(F)(F)CC1)c1ccc(C(F)(F)F)cc1. The fraction of sp³-hybridized carbons (Fsp3) is 0.381. The zero-order valence-electron chi connectivity index (χ0n) is 16.3. The highest BCUT2D eigenvalue weighted by Crippen LogP contribution is 2.34. The van der Waals surface area contributed by atoms with Gasteiger partial charge in [0.25, 0.3) is 5.91 Å². The first-order valence-corrected chi connectivity index (χ1v) is 9.63. The van der Waals surface area contributed by atoms with Gasteiger partial charge < -0.3 is 10.3 Å². The molecular formula is C21H20F5N3O2. The van der Waals surface area contributed by atoms with Crippen molar-refractivity contribution in [2.45, 2.75) is 50.2 Å². The number of rotatable bonds is 4. The number of pyridine rings is 1. The molecule has 5 nitrogen and oxygen atoms in total. The lowest BCUT2D eigenvalue weighted by Gasteiger charge is -2.26. The van der Waals surface area contributed by atoms with Gasteiger partial charge in [-0.1, -0.05) is 6.07 Å². The predicted molar refractivity (Wildman–Crippen MR) is 104 cm³/mol. The minimum Gasteiger partial charge on any atom is -0.326 e. The van der Waals surface area contributed by atoms with Crippen molar-refractivity contribution in [3.63, 3.8) is 0 Å². The third-order valence-electron chi connectivity index (χ3n) is 4.94. The van der Waals surface area contributed by atoms with Gasteiger partial charge in [0.1, 0.15) is 5.84 Å². The third-order valence-corrected chi connectivity index (χ3v) is 4.94. The zero-order chi connectivity index (χ0) is 22.6. The number of H-pyrrole nitrogens is 1. The summed E-state index contributed by atoms with van der Waals surface area (Å²) in [7, 11) is 0. The highest BCUT2D eigenvalue weighted by molar-refractivity contribution is 6.06. The molecule has 0 saturated heterocycles. The molecule has 10 heteroatoms. The number of carbonyl (C=O) groups excluding carboxylic acids is 1. The summed E-state index contributed by atoms with van der Waals surface area (Å²) in [5.41, 5.74) is -0.816. The molecule has 1 fully saturated rings. The number of alkyl halides is 5. The van der Waals surface area contributed by atoms with Crippen molar-refractivity contribution in [3.8, 4) is 0 Å². The van der Waals surface area contributed by atoms with Crippen LogP contribution >= 0.6 is 0 Å². The molecule has 1 heterocycles. The molecule has 0 bridgehead atoms. The van der Waals surface area contributed by atoms with E-state index in [9.17, 15) is 31.5 Å². The molecule has 2 aromatic rings. The van der Waals surface area contributed by atoms with Crippen LogP contribution in [0.2, 0.25) is 0 Å². The number of nitrogens with zero attached hydrogens (tertiary/aromatic N) is 1. The van der Waals surface area contributed by atoms with E-state index in [1.165, 1.54) is 12.1 Å². The number of amides is 1. The van der Waals surface area contributed by atoms with Gasteiger partial charge in [0.15, 0.2) is 0 Å². The quantitative estimate of drug-likeness (QED) is 0.421. The summed E-state index contributed by atoms with van der Waals surface area (Å²) in [6.07, 6.45) is -4.86. The van der Waals surface area contributed by atoms with Crippen LogP contribution in [0.15, 0.2) is 52.3 Å². The van der Waals surface area contributed by atoms with Crippen molar-refractivity contribution in [2.24, 2.45) is 4.99 Å². The summed E-state index contributed by atoms with van der Waals surface area (Å²) < 4.78 is 65.0. The summed E-state index contributed by atoms with van der Waals surface area (Å²) in [5.74, 6) is -3.28. The minimum atomic E-state index is -4.52. The van der Waals surface area contributed by atoms with Gasteiger partial charge in [-0.25, -0.2) is 8.78 Å². The van der Waals surface area contributed by atoms with Crippen LogP contribution in [0.4, 0.5) is 22.0 Å². The van der Waals surface area contributed by atoms with E-state index < -0.39 is 29.6 Å². The number of halogens is 5. The Morgan fingerprint density at radius 2 is 1.74 bits per heavy atom. The van der Waals surface area contributed by atoms with Crippen molar-refractivity contribution in [3.05, 3.63) is 69.6 Å². The molecule has 31 heavy (non-hydrogen) atoms. The summed E-state index contributed by atoms with van der Waals surface area (Å²) in [6.45, 7) is 0. The number of carbonyl (C=O) groups is 1. The van der Waals surface area contributed by atoms with Gasteiger partial charge in [-0.2, -0.15) is 13.2 Å². The Morgan fingerprint density at radius 3 is 2.32 bits per heavy atom. The average molecular weight is 441 g/mol. The average Bonchev–Trinajstić information content (AvgIpc) is 2.69. The maximum atomic E-state index is 13.4. The van der Waals surface area contributed by atoms with Crippen LogP contribution < -0.4 is 10.9 Å². The second-order valence-electron chi connectivity index (χ2n) is 7.41. The maximum absolute atomic E-state index is 13.4. The Kier molecular flexibility index (Phi) is 6.56. The van der Waals surface area contributed by atoms with E-state index in [1.807, 2.05) is 0 Å². The molecule has 1 aromatic heterocycles. The standard InChI is InChI=1S/C21H20F5N3O2/c22-20(23)10-8-15(9-11-20)27-17(12-16-2-1-3-18(30)28-16)29-19(31)13-4-6-14(7-5-13)21(24,25)26/h1-7,15H,8-12H2,(H,28,30)(H,27,29,31). The smallest absolute Gasteiger partial charge is 0.326 e. The van der Waals surface area contributed by atoms with Gasteiger partial charge in [-0.3, -0.25) is 14.6 Å². The van der Waals surface area contributed by atoms with Crippen molar-refractivity contribution in [1.29, 1.82) is 0 Å². The molecule has 0 spiro atoms.